The van der Waals surface area contributed by atoms with Gasteiger partial charge in [-0.05, 0) is 95.0 Å². The Balaban J connectivity index is 1.19. The maximum Gasteiger partial charge on any atom is 0.159 e. The minimum Gasteiger partial charge on any atom is -0.343 e. The van der Waals surface area contributed by atoms with Gasteiger partial charge in [-0.25, -0.2) is 0 Å². The Kier molecular flexibility index (Phi) is 7.25. The van der Waals surface area contributed by atoms with Crippen molar-refractivity contribution in [2.75, 3.05) is 19.6 Å². The van der Waals surface area contributed by atoms with Crippen LogP contribution in [0, 0.1) is 41.5 Å². The summed E-state index contributed by atoms with van der Waals surface area (Å²) < 4.78 is 7.77. The number of hydrogen-bond donors (Lipinski definition) is 0. The van der Waals surface area contributed by atoms with Crippen molar-refractivity contribution in [3.8, 4) is 22.5 Å². The molecular weight excluding hydrogens is 536 g/mol. The van der Waals surface area contributed by atoms with Crippen LogP contribution in [-0.2, 0) is 26.8 Å². The van der Waals surface area contributed by atoms with E-state index < -0.39 is 0 Å². The number of aromatic nitrogens is 2. The molecule has 0 N–H and O–H groups in total. The van der Waals surface area contributed by atoms with Gasteiger partial charge in [-0.2, -0.15) is 0 Å². The molecule has 0 saturated carbocycles. The predicted molar refractivity (Wildman–Crippen MR) is 183 cm³/mol. The molecule has 4 nitrogen and oxygen atoms in total. The van der Waals surface area contributed by atoms with Crippen molar-refractivity contribution in [2.45, 2.75) is 106 Å². The first-order chi connectivity index (χ1) is 21.1. The van der Waals surface area contributed by atoms with Crippen molar-refractivity contribution in [1.29, 1.82) is 0 Å². The molecule has 0 aliphatic carbocycles. The van der Waals surface area contributed by atoms with E-state index in [2.05, 4.69) is 113 Å². The van der Waals surface area contributed by atoms with E-state index in [0.29, 0.717) is 0 Å². The summed E-state index contributed by atoms with van der Waals surface area (Å²) in [7, 11) is 2.31. The third kappa shape index (κ3) is 4.55. The van der Waals surface area contributed by atoms with E-state index in [1.165, 1.54) is 122 Å². The van der Waals surface area contributed by atoms with Crippen molar-refractivity contribution in [1.82, 2.24) is 9.13 Å². The molecule has 4 atom stereocenters. The number of hydrogen-bond acceptors (Lipinski definition) is 0. The fraction of sp³-hybridized carbons (Fsp3) is 0.500. The molecule has 1 spiro atoms. The fourth-order valence-corrected chi connectivity index (χ4v) is 10.4. The Labute approximate surface area is 266 Å². The van der Waals surface area contributed by atoms with Crippen molar-refractivity contribution in [3.05, 3.63) is 93.3 Å². The molecule has 2 fully saturated rings. The zero-order valence-corrected chi connectivity index (χ0v) is 28.6. The lowest BCUT2D eigenvalue weighted by molar-refractivity contribution is -1.02. The highest BCUT2D eigenvalue weighted by Gasteiger charge is 2.57. The van der Waals surface area contributed by atoms with Gasteiger partial charge in [0.05, 0.1) is 36.7 Å². The minimum atomic E-state index is 0.736. The molecule has 3 aliphatic rings. The van der Waals surface area contributed by atoms with Crippen molar-refractivity contribution < 1.29 is 8.97 Å². The molecule has 2 aromatic heterocycles. The zero-order chi connectivity index (χ0) is 31.0. The highest BCUT2D eigenvalue weighted by atomic mass is 15.5. The molecule has 2 saturated heterocycles. The lowest BCUT2D eigenvalue weighted by atomic mass is 9.97. The maximum atomic E-state index is 2.72. The summed E-state index contributed by atoms with van der Waals surface area (Å²) in [6.07, 6.45) is 5.49. The van der Waals surface area contributed by atoms with Gasteiger partial charge in [-0.15, -0.1) is 0 Å². The molecule has 2 unspecified atom stereocenters. The van der Waals surface area contributed by atoms with Crippen LogP contribution < -0.4 is 0 Å². The second-order valence-corrected chi connectivity index (χ2v) is 15.0. The second kappa shape index (κ2) is 10.8. The average molecular weight is 591 g/mol. The van der Waals surface area contributed by atoms with Crippen molar-refractivity contribution in [3.63, 3.8) is 0 Å². The molecule has 0 bridgehead atoms. The maximum absolute atomic E-state index is 2.72. The number of fused-ring (bicyclic) bond motifs is 1. The van der Waals surface area contributed by atoms with E-state index in [1.54, 1.807) is 5.69 Å². The number of nitrogens with zero attached hydrogens (tertiary/aromatic N) is 4. The monoisotopic (exact) mass is 590 g/mol. The number of aryl methyl sites for hydroxylation is 6. The van der Waals surface area contributed by atoms with Crippen LogP contribution >= 0.6 is 0 Å². The van der Waals surface area contributed by atoms with Crippen LogP contribution in [0.4, 0.5) is 0 Å². The standard InChI is InChI=1S/C40H54N4/c1-9-43(24-33-14-16-35(41(33)8)39-29(4)20-27(2)21-30(39)5)18-10-12-37(43)38-13-11-19-44(38)25-34-15-17-36(42(34)26-44)40-31(6)22-28(3)23-32(40)7/h14-17,20-23,37-38H,9-13,18-19,24-26H2,1-8H3/q+2/t37-,38-,43?,44?/m0/s1. The van der Waals surface area contributed by atoms with Gasteiger partial charge < -0.3 is 9.05 Å². The van der Waals surface area contributed by atoms with Crippen LogP contribution in [0.3, 0.4) is 0 Å². The van der Waals surface area contributed by atoms with E-state index in [0.717, 1.165) is 25.3 Å². The van der Waals surface area contributed by atoms with Crippen molar-refractivity contribution >= 4 is 0 Å². The molecule has 4 heteroatoms. The molecule has 7 rings (SSSR count). The summed E-state index contributed by atoms with van der Waals surface area (Å²) in [5, 5.41) is 0. The van der Waals surface area contributed by atoms with Crippen molar-refractivity contribution in [2.24, 2.45) is 7.05 Å². The highest BCUT2D eigenvalue weighted by molar-refractivity contribution is 5.70. The number of rotatable bonds is 6. The summed E-state index contributed by atoms with van der Waals surface area (Å²) in [6.45, 7) is 23.5. The molecule has 0 radical (unpaired) electrons. The van der Waals surface area contributed by atoms with Crippen LogP contribution in [0.1, 0.15) is 77.4 Å². The second-order valence-electron chi connectivity index (χ2n) is 15.0. The van der Waals surface area contributed by atoms with Gasteiger partial charge in [0.15, 0.2) is 6.67 Å². The Morgan fingerprint density at radius 2 is 1.27 bits per heavy atom. The summed E-state index contributed by atoms with van der Waals surface area (Å²) in [4.78, 5) is 0. The van der Waals surface area contributed by atoms with Gasteiger partial charge >= 0.3 is 0 Å². The van der Waals surface area contributed by atoms with E-state index in [4.69, 9.17) is 0 Å². The van der Waals surface area contributed by atoms with Gasteiger partial charge in [0.25, 0.3) is 0 Å². The van der Waals surface area contributed by atoms with E-state index in [-0.39, 0.29) is 0 Å². The third-order valence-corrected chi connectivity index (χ3v) is 12.2. The van der Waals surface area contributed by atoms with Gasteiger partial charge in [-0.3, -0.25) is 9.05 Å². The molecule has 0 amide bonds. The smallest absolute Gasteiger partial charge is 0.159 e. The summed E-state index contributed by atoms with van der Waals surface area (Å²) in [5.74, 6) is 0. The fourth-order valence-electron chi connectivity index (χ4n) is 10.4. The summed E-state index contributed by atoms with van der Waals surface area (Å²) >= 11 is 0. The predicted octanol–water partition coefficient (Wildman–Crippen LogP) is 8.66. The van der Waals surface area contributed by atoms with Crippen LogP contribution in [0.25, 0.3) is 22.5 Å². The quantitative estimate of drug-likeness (QED) is 0.199. The van der Waals surface area contributed by atoms with Crippen LogP contribution in [0.2, 0.25) is 0 Å². The number of likely N-dealkylation sites (tertiary alicyclic amines) is 1. The van der Waals surface area contributed by atoms with E-state index in [1.807, 2.05) is 0 Å². The zero-order valence-electron chi connectivity index (χ0n) is 28.6. The lowest BCUT2D eigenvalue weighted by Gasteiger charge is -2.46. The highest BCUT2D eigenvalue weighted by Crippen LogP contribution is 2.46. The first kappa shape index (κ1) is 29.6. The molecular formula is C40H54N4+2. The topological polar surface area (TPSA) is 9.86 Å². The number of benzene rings is 2. The molecule has 4 aromatic rings. The third-order valence-electron chi connectivity index (χ3n) is 12.2. The first-order valence-corrected chi connectivity index (χ1v) is 17.3. The molecule has 2 aromatic carbocycles. The van der Waals surface area contributed by atoms with Gasteiger partial charge in [0.1, 0.15) is 25.2 Å². The Morgan fingerprint density at radius 1 is 0.705 bits per heavy atom. The average Bonchev–Trinajstić information content (AvgIpc) is 3.77. The van der Waals surface area contributed by atoms with E-state index >= 15 is 0 Å². The summed E-state index contributed by atoms with van der Waals surface area (Å²) in [6, 6.07) is 20.6. The van der Waals surface area contributed by atoms with Gasteiger partial charge in [0.2, 0.25) is 0 Å². The normalized spacial score (nSPS) is 26.3. The SMILES string of the molecule is CC[N+]1(Cc2ccc(-c3c(C)cc(C)cc3C)n2C)CCC[C@H]1[C@@H]1CCC[N+]12Cc1ccc(-c3c(C)cc(C)cc3C)n1C2. The summed E-state index contributed by atoms with van der Waals surface area (Å²) in [5.41, 5.74) is 17.1. The van der Waals surface area contributed by atoms with Gasteiger partial charge in [-0.1, -0.05) is 35.4 Å². The van der Waals surface area contributed by atoms with Crippen LogP contribution in [0.5, 0.6) is 0 Å². The Bertz CT molecular complexity index is 1690. The largest absolute Gasteiger partial charge is 0.343 e. The first-order valence-electron chi connectivity index (χ1n) is 17.3. The van der Waals surface area contributed by atoms with Gasteiger partial charge in [0, 0.05) is 49.6 Å². The number of quaternary nitrogens is 2. The lowest BCUT2D eigenvalue weighted by Crippen LogP contribution is -2.63. The molecule has 3 aliphatic heterocycles. The Hall–Kier alpha value is -3.08. The minimum absolute atomic E-state index is 0.736. The van der Waals surface area contributed by atoms with Crippen LogP contribution in [-0.4, -0.2) is 49.8 Å². The van der Waals surface area contributed by atoms with E-state index in [9.17, 15) is 0 Å². The molecule has 232 valence electrons. The molecule has 5 heterocycles. The number of likely N-dealkylation sites (N-methyl/N-ethyl adjacent to an activating group) is 1. The molecule has 44 heavy (non-hydrogen) atoms. The van der Waals surface area contributed by atoms with Crippen LogP contribution in [0.15, 0.2) is 48.5 Å². The Morgan fingerprint density at radius 3 is 1.91 bits per heavy atom.